The third kappa shape index (κ3) is 2.78. The number of amides is 2. The number of H-pyrrole nitrogens is 1. The van der Waals surface area contributed by atoms with E-state index >= 15 is 0 Å². The van der Waals surface area contributed by atoms with E-state index in [0.717, 1.165) is 0 Å². The molecule has 0 radical (unpaired) electrons. The summed E-state index contributed by atoms with van der Waals surface area (Å²) in [5.74, 6) is -0.567. The molecule has 3 N–H and O–H groups in total. The van der Waals surface area contributed by atoms with Gasteiger partial charge in [0.1, 0.15) is 5.82 Å². The Balaban J connectivity index is 1.79. The second-order valence-electron chi connectivity index (χ2n) is 4.50. The minimum atomic E-state index is -0.726. The van der Waals surface area contributed by atoms with Crippen LogP contribution in [-0.2, 0) is 0 Å². The third-order valence-electron chi connectivity index (χ3n) is 3.00. The highest BCUT2D eigenvalue weighted by molar-refractivity contribution is 5.95. The van der Waals surface area contributed by atoms with Crippen LogP contribution >= 0.6 is 0 Å². The molecular formula is C15H11FN4O2. The van der Waals surface area contributed by atoms with Crippen molar-refractivity contribution in [3.05, 3.63) is 54.3 Å². The highest BCUT2D eigenvalue weighted by Crippen LogP contribution is 2.35. The molecule has 2 amide bonds. The number of fused-ring (bicyclic) bond motifs is 1. The summed E-state index contributed by atoms with van der Waals surface area (Å²) in [6, 6.07) is 11.6. The summed E-state index contributed by atoms with van der Waals surface area (Å²) in [5.41, 5.74) is 1.27. The van der Waals surface area contributed by atoms with E-state index < -0.39 is 11.8 Å². The minimum Gasteiger partial charge on any atom is -0.493 e. The first-order chi connectivity index (χ1) is 10.6. The molecule has 0 spiro atoms. The van der Waals surface area contributed by atoms with Crippen molar-refractivity contribution in [3.8, 4) is 5.88 Å². The largest absolute Gasteiger partial charge is 0.493 e. The van der Waals surface area contributed by atoms with E-state index in [2.05, 4.69) is 20.5 Å². The van der Waals surface area contributed by atoms with Gasteiger partial charge in [-0.3, -0.25) is 0 Å². The number of benzene rings is 2. The number of aromatic amines is 1. The zero-order valence-electron chi connectivity index (χ0n) is 11.2. The van der Waals surface area contributed by atoms with Crippen LogP contribution in [0.5, 0.6) is 5.88 Å². The number of nitrogens with zero attached hydrogens (tertiary/aromatic N) is 2. The number of hydrogen-bond acceptors (Lipinski definition) is 3. The fourth-order valence-electron chi connectivity index (χ4n) is 1.99. The van der Waals surface area contributed by atoms with Gasteiger partial charge in [0, 0.05) is 11.1 Å². The summed E-state index contributed by atoms with van der Waals surface area (Å²) >= 11 is 0. The van der Waals surface area contributed by atoms with Crippen molar-refractivity contribution in [2.75, 3.05) is 5.32 Å². The van der Waals surface area contributed by atoms with Crippen LogP contribution in [0.4, 0.5) is 20.6 Å². The standard InChI is InChI=1S/C15H11FN4O2/c16-9-5-7-10(8-6-9)17-15(22)20-19-13-11-3-1-2-4-12(11)18-14(13)21/h1-8,18,21H,(H,17,22). The molecule has 0 fully saturated rings. The molecule has 0 aliphatic heterocycles. The molecule has 0 atom stereocenters. The van der Waals surface area contributed by atoms with Crippen LogP contribution in [0.1, 0.15) is 0 Å². The number of carbonyl (C=O) groups is 1. The molecule has 22 heavy (non-hydrogen) atoms. The number of para-hydroxylation sites is 1. The Morgan fingerprint density at radius 1 is 1.14 bits per heavy atom. The second kappa shape index (κ2) is 5.65. The summed E-state index contributed by atoms with van der Waals surface area (Å²) in [7, 11) is 0. The second-order valence-corrected chi connectivity index (χ2v) is 4.50. The number of aromatic nitrogens is 1. The van der Waals surface area contributed by atoms with Gasteiger partial charge in [0.05, 0.1) is 5.52 Å². The van der Waals surface area contributed by atoms with E-state index in [-0.39, 0.29) is 11.6 Å². The summed E-state index contributed by atoms with van der Waals surface area (Å²) in [6.45, 7) is 0. The Hall–Kier alpha value is -3.22. The van der Waals surface area contributed by atoms with Gasteiger partial charge in [0.25, 0.3) is 0 Å². The maximum Gasteiger partial charge on any atom is 0.364 e. The van der Waals surface area contributed by atoms with Gasteiger partial charge in [-0.05, 0) is 30.3 Å². The maximum atomic E-state index is 12.8. The Labute approximate surface area is 124 Å². The smallest absolute Gasteiger partial charge is 0.364 e. The van der Waals surface area contributed by atoms with E-state index in [1.807, 2.05) is 0 Å². The van der Waals surface area contributed by atoms with Crippen molar-refractivity contribution < 1.29 is 14.3 Å². The number of anilines is 1. The lowest BCUT2D eigenvalue weighted by Crippen LogP contribution is -2.05. The van der Waals surface area contributed by atoms with Gasteiger partial charge in [-0.1, -0.05) is 23.3 Å². The molecule has 7 heteroatoms. The van der Waals surface area contributed by atoms with Gasteiger partial charge in [-0.25, -0.2) is 9.18 Å². The summed E-state index contributed by atoms with van der Waals surface area (Å²) in [4.78, 5) is 14.4. The van der Waals surface area contributed by atoms with Crippen molar-refractivity contribution >= 4 is 28.3 Å². The molecule has 0 saturated heterocycles. The van der Waals surface area contributed by atoms with E-state index in [0.29, 0.717) is 16.6 Å². The normalized spacial score (nSPS) is 11.1. The molecule has 0 aliphatic rings. The van der Waals surface area contributed by atoms with Crippen molar-refractivity contribution in [2.24, 2.45) is 10.2 Å². The lowest BCUT2D eigenvalue weighted by atomic mass is 10.2. The van der Waals surface area contributed by atoms with Crippen molar-refractivity contribution in [1.82, 2.24) is 4.98 Å². The van der Waals surface area contributed by atoms with Crippen molar-refractivity contribution in [2.45, 2.75) is 0 Å². The fourth-order valence-corrected chi connectivity index (χ4v) is 1.99. The van der Waals surface area contributed by atoms with Crippen molar-refractivity contribution in [3.63, 3.8) is 0 Å². The fraction of sp³-hybridized carbons (Fsp3) is 0. The van der Waals surface area contributed by atoms with E-state index in [4.69, 9.17) is 0 Å². The molecule has 1 aromatic heterocycles. The highest BCUT2D eigenvalue weighted by atomic mass is 19.1. The van der Waals surface area contributed by atoms with E-state index in [1.165, 1.54) is 24.3 Å². The molecule has 6 nitrogen and oxygen atoms in total. The number of halogens is 1. The SMILES string of the molecule is O=C(N=Nc1c(O)[nH]c2ccccc12)Nc1ccc(F)cc1. The lowest BCUT2D eigenvalue weighted by molar-refractivity contribution is 0.258. The number of azo groups is 1. The predicted octanol–water partition coefficient (Wildman–Crippen LogP) is 4.33. The minimum absolute atomic E-state index is 0.167. The van der Waals surface area contributed by atoms with Gasteiger partial charge >= 0.3 is 6.03 Å². The first kappa shape index (κ1) is 13.7. The number of hydrogen-bond donors (Lipinski definition) is 3. The Morgan fingerprint density at radius 2 is 1.86 bits per heavy atom. The first-order valence-electron chi connectivity index (χ1n) is 6.41. The van der Waals surface area contributed by atoms with E-state index in [9.17, 15) is 14.3 Å². The summed E-state index contributed by atoms with van der Waals surface area (Å²) in [5, 5.41) is 20.1. The molecule has 110 valence electrons. The number of urea groups is 1. The molecule has 3 aromatic rings. The Bertz CT molecular complexity index is 856. The Morgan fingerprint density at radius 3 is 2.64 bits per heavy atom. The van der Waals surface area contributed by atoms with Crippen LogP contribution in [-0.4, -0.2) is 16.1 Å². The van der Waals surface area contributed by atoms with Crippen LogP contribution in [0.25, 0.3) is 10.9 Å². The van der Waals surface area contributed by atoms with Crippen LogP contribution in [0.15, 0.2) is 58.8 Å². The topological polar surface area (TPSA) is 89.8 Å². The number of nitrogens with one attached hydrogen (secondary N) is 2. The van der Waals surface area contributed by atoms with Crippen molar-refractivity contribution in [1.29, 1.82) is 0 Å². The average Bonchev–Trinajstić information content (AvgIpc) is 2.83. The summed E-state index contributed by atoms with van der Waals surface area (Å²) in [6.07, 6.45) is 0. The molecule has 0 bridgehead atoms. The molecule has 3 rings (SSSR count). The number of rotatable bonds is 2. The summed E-state index contributed by atoms with van der Waals surface area (Å²) < 4.78 is 12.8. The van der Waals surface area contributed by atoms with Crippen LogP contribution in [0.3, 0.4) is 0 Å². The highest BCUT2D eigenvalue weighted by Gasteiger charge is 2.10. The zero-order chi connectivity index (χ0) is 15.5. The number of aromatic hydroxyl groups is 1. The number of carbonyl (C=O) groups excluding carboxylic acids is 1. The molecule has 0 saturated carbocycles. The average molecular weight is 298 g/mol. The van der Waals surface area contributed by atoms with Gasteiger partial charge in [-0.2, -0.15) is 0 Å². The van der Waals surface area contributed by atoms with Gasteiger partial charge in [-0.15, -0.1) is 5.11 Å². The lowest BCUT2D eigenvalue weighted by Gasteiger charge is -1.99. The zero-order valence-corrected chi connectivity index (χ0v) is 11.2. The first-order valence-corrected chi connectivity index (χ1v) is 6.41. The molecular weight excluding hydrogens is 287 g/mol. The van der Waals surface area contributed by atoms with Crippen LogP contribution < -0.4 is 5.32 Å². The van der Waals surface area contributed by atoms with E-state index in [1.54, 1.807) is 24.3 Å². The molecule has 0 unspecified atom stereocenters. The Kier molecular flexibility index (Phi) is 3.53. The van der Waals surface area contributed by atoms with Crippen LogP contribution in [0, 0.1) is 5.82 Å². The van der Waals surface area contributed by atoms with Gasteiger partial charge < -0.3 is 15.4 Å². The third-order valence-corrected chi connectivity index (χ3v) is 3.00. The van der Waals surface area contributed by atoms with Gasteiger partial charge in [0.2, 0.25) is 5.88 Å². The predicted molar refractivity (Wildman–Crippen MR) is 79.9 cm³/mol. The maximum absolute atomic E-state index is 12.8. The molecule has 0 aliphatic carbocycles. The quantitative estimate of drug-likeness (QED) is 0.615. The molecule has 2 aromatic carbocycles. The monoisotopic (exact) mass is 298 g/mol. The molecule has 1 heterocycles. The van der Waals surface area contributed by atoms with Gasteiger partial charge in [0.15, 0.2) is 5.69 Å². The van der Waals surface area contributed by atoms with Crippen LogP contribution in [0.2, 0.25) is 0 Å².